The summed E-state index contributed by atoms with van der Waals surface area (Å²) in [5.74, 6) is 2.93. The topological polar surface area (TPSA) is 185 Å². The Bertz CT molecular complexity index is 2840. The summed E-state index contributed by atoms with van der Waals surface area (Å²) in [6.45, 7) is 14.0. The Labute approximate surface area is 414 Å². The minimum Gasteiger partial charge on any atom is -0.377 e. The molecule has 5 atom stereocenters. The van der Waals surface area contributed by atoms with Gasteiger partial charge >= 0.3 is 0 Å². The lowest BCUT2D eigenvalue weighted by Gasteiger charge is -2.38. The van der Waals surface area contributed by atoms with Gasteiger partial charge < -0.3 is 49.2 Å². The zero-order chi connectivity index (χ0) is 47.6. The molecule has 6 aromatic rings. The van der Waals surface area contributed by atoms with Gasteiger partial charge in [0, 0.05) is 56.0 Å². The summed E-state index contributed by atoms with van der Waals surface area (Å²) in [6.07, 6.45) is 2.22. The summed E-state index contributed by atoms with van der Waals surface area (Å²) < 4.78 is 22.8. The predicted molar refractivity (Wildman–Crippen MR) is 276 cm³/mol. The number of nitrogens with one attached hydrogen (secondary N) is 2. The molecule has 9 heterocycles. The van der Waals surface area contributed by atoms with Crippen molar-refractivity contribution >= 4 is 70.9 Å². The first-order valence-electron chi connectivity index (χ1n) is 24.1. The van der Waals surface area contributed by atoms with E-state index in [-0.39, 0.29) is 43.4 Å². The summed E-state index contributed by atoms with van der Waals surface area (Å²) in [6, 6.07) is 24.3. The van der Waals surface area contributed by atoms with Crippen molar-refractivity contribution in [2.45, 2.75) is 63.8 Å². The molecule has 0 radical (unpaired) electrons. The molecule has 0 spiro atoms. The van der Waals surface area contributed by atoms with E-state index in [4.69, 9.17) is 48.9 Å². The highest BCUT2D eigenvalue weighted by atomic mass is 32.1. The van der Waals surface area contributed by atoms with Gasteiger partial charge in [0.2, 0.25) is 11.9 Å². The first-order chi connectivity index (χ1) is 33.7. The van der Waals surface area contributed by atoms with Crippen LogP contribution in [0.1, 0.15) is 54.3 Å². The molecule has 18 nitrogen and oxygen atoms in total. The molecule has 2 aromatic carbocycles. The van der Waals surface area contributed by atoms with Crippen molar-refractivity contribution < 1.29 is 28.5 Å². The van der Waals surface area contributed by atoms with Crippen LogP contribution < -0.4 is 30.2 Å². The standard InChI is InChI=1S/C26H30N6O3.C25H30N6O3.H2S/c1-16-13-34-11-10-31(16)26-29-23-21(24(30-26)32-19-6-7-20(32)15-35-14-19)8-9-22(28-23)17-4-3-5-18(12-17)25(33)27-2;1-16-14-33-11-9-30(16)23-20-7-8-21(18-5-4-6-19(13-18)24(32)26-3)27-22(20)28-25(29-23)31-10-12-34-15-17(31)2;/h3-5,8-9,12,16,19-20H,6-7,10-11,13-15H2,1-2H3,(H,27,33);4-8,13,16-17H,9-12,14-15H2,1-3H3,(H,26,32);1H2/t16-,19?,20?;16-,17-;/m00./s1. The number of hydrogen-bond acceptors (Lipinski definition) is 16. The largest absolute Gasteiger partial charge is 0.377 e. The maximum atomic E-state index is 12.2. The molecule has 19 heteroatoms. The number of carbonyl (C=O) groups excluding carboxylic acids is 2. The minimum atomic E-state index is -0.128. The van der Waals surface area contributed by atoms with Crippen LogP contribution in [-0.4, -0.2) is 159 Å². The molecule has 2 unspecified atom stereocenters. The second-order valence-corrected chi connectivity index (χ2v) is 18.3. The summed E-state index contributed by atoms with van der Waals surface area (Å²) in [5, 5.41) is 7.21. The molecule has 5 fully saturated rings. The molecule has 2 amide bonds. The van der Waals surface area contributed by atoms with Crippen LogP contribution in [0.4, 0.5) is 23.5 Å². The molecule has 5 aliphatic heterocycles. The van der Waals surface area contributed by atoms with E-state index in [0.29, 0.717) is 86.0 Å². The molecule has 2 N–H and O–H groups in total. The first kappa shape index (κ1) is 48.8. The summed E-state index contributed by atoms with van der Waals surface area (Å²) in [5.41, 5.74) is 5.78. The Morgan fingerprint density at radius 1 is 0.529 bits per heavy atom. The number of benzene rings is 2. The van der Waals surface area contributed by atoms with Gasteiger partial charge in [-0.2, -0.15) is 33.4 Å². The van der Waals surface area contributed by atoms with Crippen LogP contribution in [-0.2, 0) is 18.9 Å². The number of amides is 2. The number of carbonyl (C=O) groups is 2. The smallest absolute Gasteiger partial charge is 0.251 e. The molecule has 70 heavy (non-hydrogen) atoms. The van der Waals surface area contributed by atoms with Crippen LogP contribution >= 0.6 is 13.5 Å². The van der Waals surface area contributed by atoms with Gasteiger partial charge in [-0.15, -0.1) is 0 Å². The number of hydrogen-bond donors (Lipinski definition) is 2. The van der Waals surface area contributed by atoms with E-state index in [0.717, 1.165) is 90.6 Å². The van der Waals surface area contributed by atoms with Gasteiger partial charge in [0.1, 0.15) is 11.6 Å². The molecule has 0 saturated carbocycles. The van der Waals surface area contributed by atoms with E-state index in [1.807, 2.05) is 54.6 Å². The van der Waals surface area contributed by atoms with E-state index in [1.165, 1.54) is 0 Å². The minimum absolute atomic E-state index is 0. The molecule has 11 rings (SSSR count). The summed E-state index contributed by atoms with van der Waals surface area (Å²) in [4.78, 5) is 63.4. The van der Waals surface area contributed by atoms with Crippen LogP contribution in [0.2, 0.25) is 0 Å². The van der Waals surface area contributed by atoms with Crippen molar-refractivity contribution in [2.24, 2.45) is 0 Å². The number of rotatable bonds is 8. The third kappa shape index (κ3) is 9.90. The number of pyridine rings is 2. The van der Waals surface area contributed by atoms with Crippen molar-refractivity contribution in [3.8, 4) is 22.5 Å². The quantitative estimate of drug-likeness (QED) is 0.201. The lowest BCUT2D eigenvalue weighted by molar-refractivity contribution is 0.0902. The lowest BCUT2D eigenvalue weighted by Crippen LogP contribution is -2.47. The maximum absolute atomic E-state index is 12.2. The van der Waals surface area contributed by atoms with Crippen LogP contribution in [0.5, 0.6) is 0 Å². The zero-order valence-corrected chi connectivity index (χ0v) is 41.4. The van der Waals surface area contributed by atoms with Crippen molar-refractivity contribution in [1.82, 2.24) is 40.5 Å². The molecular formula is C51H62N12O6S. The van der Waals surface area contributed by atoms with Crippen molar-refractivity contribution in [1.29, 1.82) is 0 Å². The number of ether oxygens (including phenoxy) is 4. The Hall–Kier alpha value is -6.25. The summed E-state index contributed by atoms with van der Waals surface area (Å²) >= 11 is 0. The highest BCUT2D eigenvalue weighted by Crippen LogP contribution is 2.38. The van der Waals surface area contributed by atoms with E-state index < -0.39 is 0 Å². The summed E-state index contributed by atoms with van der Waals surface area (Å²) in [7, 11) is 3.26. The third-order valence-electron chi connectivity index (χ3n) is 13.7. The average molecular weight is 971 g/mol. The normalized spacial score (nSPS) is 22.3. The van der Waals surface area contributed by atoms with Crippen molar-refractivity contribution in [3.05, 3.63) is 83.9 Å². The van der Waals surface area contributed by atoms with Gasteiger partial charge in [0.25, 0.3) is 11.8 Å². The van der Waals surface area contributed by atoms with Crippen molar-refractivity contribution in [2.75, 3.05) is 106 Å². The Morgan fingerprint density at radius 3 is 1.43 bits per heavy atom. The van der Waals surface area contributed by atoms with Crippen LogP contribution in [0.15, 0.2) is 72.8 Å². The van der Waals surface area contributed by atoms with Crippen molar-refractivity contribution in [3.63, 3.8) is 0 Å². The molecule has 0 aliphatic carbocycles. The van der Waals surface area contributed by atoms with Gasteiger partial charge in [0.15, 0.2) is 11.3 Å². The van der Waals surface area contributed by atoms with Gasteiger partial charge in [-0.05, 0) is 82.1 Å². The van der Waals surface area contributed by atoms with Gasteiger partial charge in [0.05, 0.1) is 105 Å². The monoisotopic (exact) mass is 970 g/mol. The van der Waals surface area contributed by atoms with Gasteiger partial charge in [-0.25, -0.2) is 9.97 Å². The lowest BCUT2D eigenvalue weighted by atomic mass is 10.1. The van der Waals surface area contributed by atoms with Crippen LogP contribution in [0.3, 0.4) is 0 Å². The number of fused-ring (bicyclic) bond motifs is 4. The van der Waals surface area contributed by atoms with E-state index in [1.54, 1.807) is 26.2 Å². The molecule has 4 aromatic heterocycles. The highest BCUT2D eigenvalue weighted by molar-refractivity contribution is 7.59. The number of aromatic nitrogens is 6. The SMILES string of the molecule is CNC(=O)c1cccc(-c2ccc3c(N4C5CCC4COC5)nc(N4CCOC[C@@H]4C)nc3n2)c1.CNC(=O)c1cccc(-c2ccc3c(N4CCOC[C@@H]4C)nc(N4CCOC[C@@H]4C)nc3n2)c1.S. The third-order valence-corrected chi connectivity index (χ3v) is 13.7. The molecular weight excluding hydrogens is 909 g/mol. The Balaban J connectivity index is 0.000000171. The van der Waals surface area contributed by atoms with E-state index >= 15 is 0 Å². The second-order valence-electron chi connectivity index (χ2n) is 18.3. The van der Waals surface area contributed by atoms with Crippen LogP contribution in [0.25, 0.3) is 44.6 Å². The second kappa shape index (κ2) is 21.4. The predicted octanol–water partition coefficient (Wildman–Crippen LogP) is 5.26. The highest BCUT2D eigenvalue weighted by Gasteiger charge is 2.40. The van der Waals surface area contributed by atoms with Crippen LogP contribution in [0, 0.1) is 0 Å². The van der Waals surface area contributed by atoms with E-state index in [9.17, 15) is 9.59 Å². The Morgan fingerprint density at radius 2 is 0.971 bits per heavy atom. The van der Waals surface area contributed by atoms with E-state index in [2.05, 4.69) is 57.1 Å². The fourth-order valence-electron chi connectivity index (χ4n) is 9.95. The number of morpholine rings is 4. The fraction of sp³-hybridized carbons (Fsp3) is 0.451. The number of nitrogens with zero attached hydrogens (tertiary/aromatic N) is 10. The van der Waals surface area contributed by atoms with Gasteiger partial charge in [-0.1, -0.05) is 24.3 Å². The first-order valence-corrected chi connectivity index (χ1v) is 24.1. The number of anilines is 4. The zero-order valence-electron chi connectivity index (χ0n) is 40.4. The average Bonchev–Trinajstić information content (AvgIpc) is 3.64. The molecule has 2 bridgehead atoms. The molecule has 368 valence electrons. The molecule has 5 saturated heterocycles. The Kier molecular flexibility index (Phi) is 14.9. The fourth-order valence-corrected chi connectivity index (χ4v) is 9.95. The van der Waals surface area contributed by atoms with Gasteiger partial charge in [-0.3, -0.25) is 9.59 Å². The maximum Gasteiger partial charge on any atom is 0.251 e. The molecule has 5 aliphatic rings.